The van der Waals surface area contributed by atoms with Crippen LogP contribution in [0.2, 0.25) is 0 Å². The number of rotatable bonds is 4. The Morgan fingerprint density at radius 3 is 2.22 bits per heavy atom. The van der Waals surface area contributed by atoms with E-state index >= 15 is 0 Å². The number of sulfonamides is 1. The Balaban J connectivity index is 2.04. The van der Waals surface area contributed by atoms with Crippen molar-refractivity contribution in [3.05, 3.63) is 60.7 Å². The first-order valence-corrected chi connectivity index (χ1v) is 8.44. The first-order chi connectivity index (χ1) is 11.0. The highest BCUT2D eigenvalue weighted by molar-refractivity contribution is 7.93. The molecule has 0 aliphatic carbocycles. The van der Waals surface area contributed by atoms with Gasteiger partial charge in [-0.15, -0.1) is 0 Å². The highest BCUT2D eigenvalue weighted by Crippen LogP contribution is 2.29. The molecule has 0 amide bonds. The van der Waals surface area contributed by atoms with E-state index in [1.165, 1.54) is 6.07 Å². The third-order valence-electron chi connectivity index (χ3n) is 3.55. The summed E-state index contributed by atoms with van der Waals surface area (Å²) in [6, 6.07) is 17.0. The number of nitrogen functional groups attached to an aromatic ring is 1. The molecule has 118 valence electrons. The molecule has 0 atom stereocenters. The molecule has 5 nitrogen and oxygen atoms in total. The molecule has 3 N–H and O–H groups in total. The third kappa shape index (κ3) is 2.93. The zero-order chi connectivity index (χ0) is 16.4. The normalized spacial score (nSPS) is 11.3. The fourth-order valence-electron chi connectivity index (χ4n) is 2.40. The predicted molar refractivity (Wildman–Crippen MR) is 92.2 cm³/mol. The van der Waals surface area contributed by atoms with Crippen LogP contribution >= 0.6 is 0 Å². The molecule has 3 rings (SSSR count). The van der Waals surface area contributed by atoms with Gasteiger partial charge in [0, 0.05) is 22.1 Å². The van der Waals surface area contributed by atoms with Gasteiger partial charge in [0.25, 0.3) is 10.0 Å². The fraction of sp³-hybridized carbons (Fsp3) is 0.0588. The Labute approximate surface area is 134 Å². The molecule has 0 heterocycles. The molecule has 0 unspecified atom stereocenters. The van der Waals surface area contributed by atoms with Crippen LogP contribution < -0.4 is 15.2 Å². The minimum Gasteiger partial charge on any atom is -0.497 e. The Bertz CT molecular complexity index is 951. The smallest absolute Gasteiger partial charge is 0.262 e. The number of nitrogens with one attached hydrogen (secondary N) is 1. The van der Waals surface area contributed by atoms with Gasteiger partial charge in [0.1, 0.15) is 5.75 Å². The van der Waals surface area contributed by atoms with E-state index < -0.39 is 10.0 Å². The van der Waals surface area contributed by atoms with Crippen LogP contribution in [0.4, 0.5) is 11.4 Å². The van der Waals surface area contributed by atoms with Crippen LogP contribution in [0.15, 0.2) is 65.6 Å². The van der Waals surface area contributed by atoms with Crippen molar-refractivity contribution in [3.63, 3.8) is 0 Å². The van der Waals surface area contributed by atoms with Gasteiger partial charge in [-0.25, -0.2) is 8.42 Å². The van der Waals surface area contributed by atoms with Gasteiger partial charge in [-0.05, 0) is 36.4 Å². The van der Waals surface area contributed by atoms with E-state index in [-0.39, 0.29) is 4.90 Å². The molecule has 23 heavy (non-hydrogen) atoms. The number of hydrogen-bond donors (Lipinski definition) is 2. The summed E-state index contributed by atoms with van der Waals surface area (Å²) >= 11 is 0. The Kier molecular flexibility index (Phi) is 3.83. The second kappa shape index (κ2) is 5.81. The summed E-state index contributed by atoms with van der Waals surface area (Å²) in [5.41, 5.74) is 6.93. The van der Waals surface area contributed by atoms with E-state index in [1.807, 2.05) is 6.07 Å². The zero-order valence-corrected chi connectivity index (χ0v) is 13.3. The Morgan fingerprint density at radius 1 is 0.913 bits per heavy atom. The van der Waals surface area contributed by atoms with Gasteiger partial charge in [0.05, 0.1) is 12.0 Å². The lowest BCUT2D eigenvalue weighted by Crippen LogP contribution is -2.13. The number of methoxy groups -OCH3 is 1. The number of ether oxygens (including phenoxy) is 1. The van der Waals surface area contributed by atoms with Crippen LogP contribution in [0.5, 0.6) is 5.75 Å². The van der Waals surface area contributed by atoms with Crippen molar-refractivity contribution in [3.8, 4) is 5.75 Å². The van der Waals surface area contributed by atoms with Crippen molar-refractivity contribution in [2.75, 3.05) is 17.6 Å². The molecule has 0 aliphatic heterocycles. The maximum atomic E-state index is 12.7. The van der Waals surface area contributed by atoms with Crippen molar-refractivity contribution < 1.29 is 13.2 Å². The molecule has 0 bridgehead atoms. The van der Waals surface area contributed by atoms with Gasteiger partial charge in [-0.3, -0.25) is 4.72 Å². The van der Waals surface area contributed by atoms with Gasteiger partial charge in [0.15, 0.2) is 0 Å². The standard InChI is InChI=1S/C17H16N2O3S/c1-22-13-8-6-12(7-9-13)19-23(20,21)17-11-10-16(18)14-4-2-3-5-15(14)17/h2-11,19H,18H2,1H3. The van der Waals surface area contributed by atoms with Gasteiger partial charge in [0.2, 0.25) is 0 Å². The van der Waals surface area contributed by atoms with Crippen LogP contribution in [-0.2, 0) is 10.0 Å². The Morgan fingerprint density at radius 2 is 1.57 bits per heavy atom. The summed E-state index contributed by atoms with van der Waals surface area (Å²) in [7, 11) is -2.17. The van der Waals surface area contributed by atoms with Gasteiger partial charge < -0.3 is 10.5 Å². The molecule has 6 heteroatoms. The highest BCUT2D eigenvalue weighted by atomic mass is 32.2. The van der Waals surface area contributed by atoms with Gasteiger partial charge >= 0.3 is 0 Å². The highest BCUT2D eigenvalue weighted by Gasteiger charge is 2.18. The minimum atomic E-state index is -3.72. The van der Waals surface area contributed by atoms with Crippen LogP contribution in [0.25, 0.3) is 10.8 Å². The maximum absolute atomic E-state index is 12.7. The van der Waals surface area contributed by atoms with Crippen LogP contribution in [0, 0.1) is 0 Å². The van der Waals surface area contributed by atoms with Crippen molar-refractivity contribution >= 4 is 32.2 Å². The quantitative estimate of drug-likeness (QED) is 0.721. The molecule has 0 fully saturated rings. The summed E-state index contributed by atoms with van der Waals surface area (Å²) < 4.78 is 33.0. The lowest BCUT2D eigenvalue weighted by Gasteiger charge is -2.12. The summed E-state index contributed by atoms with van der Waals surface area (Å²) in [4.78, 5) is 0.193. The van der Waals surface area contributed by atoms with Crippen molar-refractivity contribution in [2.24, 2.45) is 0 Å². The van der Waals surface area contributed by atoms with E-state index in [9.17, 15) is 8.42 Å². The molecule has 0 spiro atoms. The van der Waals surface area contributed by atoms with Crippen LogP contribution in [-0.4, -0.2) is 15.5 Å². The predicted octanol–water partition coefficient (Wildman–Crippen LogP) is 3.23. The van der Waals surface area contributed by atoms with E-state index in [0.717, 1.165) is 0 Å². The topological polar surface area (TPSA) is 81.4 Å². The third-order valence-corrected chi connectivity index (χ3v) is 4.99. The van der Waals surface area contributed by atoms with E-state index in [0.29, 0.717) is 27.9 Å². The summed E-state index contributed by atoms with van der Waals surface area (Å²) in [6.45, 7) is 0. The molecule has 0 radical (unpaired) electrons. The van der Waals surface area contributed by atoms with Crippen LogP contribution in [0.3, 0.4) is 0 Å². The first kappa shape index (κ1) is 15.2. The lowest BCUT2D eigenvalue weighted by atomic mass is 10.1. The average Bonchev–Trinajstić information content (AvgIpc) is 2.55. The molecule has 0 saturated heterocycles. The first-order valence-electron chi connectivity index (χ1n) is 6.95. The second-order valence-electron chi connectivity index (χ2n) is 5.03. The van der Waals surface area contributed by atoms with Gasteiger partial charge in [-0.2, -0.15) is 0 Å². The zero-order valence-electron chi connectivity index (χ0n) is 12.5. The van der Waals surface area contributed by atoms with E-state index in [1.54, 1.807) is 55.6 Å². The second-order valence-corrected chi connectivity index (χ2v) is 6.68. The van der Waals surface area contributed by atoms with Crippen molar-refractivity contribution in [1.29, 1.82) is 0 Å². The molecular weight excluding hydrogens is 312 g/mol. The monoisotopic (exact) mass is 328 g/mol. The van der Waals surface area contributed by atoms with Gasteiger partial charge in [-0.1, -0.05) is 24.3 Å². The maximum Gasteiger partial charge on any atom is 0.262 e. The number of fused-ring (bicyclic) bond motifs is 1. The van der Waals surface area contributed by atoms with E-state index in [2.05, 4.69) is 4.72 Å². The lowest BCUT2D eigenvalue weighted by molar-refractivity contribution is 0.415. The molecule has 0 aromatic heterocycles. The van der Waals surface area contributed by atoms with Crippen molar-refractivity contribution in [1.82, 2.24) is 0 Å². The molecule has 3 aromatic carbocycles. The number of nitrogens with two attached hydrogens (primary N) is 1. The largest absolute Gasteiger partial charge is 0.497 e. The molecule has 0 saturated carbocycles. The fourth-order valence-corrected chi connectivity index (χ4v) is 3.67. The van der Waals surface area contributed by atoms with E-state index in [4.69, 9.17) is 10.5 Å². The van der Waals surface area contributed by atoms with Crippen molar-refractivity contribution in [2.45, 2.75) is 4.90 Å². The summed E-state index contributed by atoms with van der Waals surface area (Å²) in [5.74, 6) is 0.658. The average molecular weight is 328 g/mol. The number of benzene rings is 3. The summed E-state index contributed by atoms with van der Waals surface area (Å²) in [6.07, 6.45) is 0. The number of hydrogen-bond acceptors (Lipinski definition) is 4. The number of anilines is 2. The SMILES string of the molecule is COc1ccc(NS(=O)(=O)c2ccc(N)c3ccccc23)cc1. The molecular formula is C17H16N2O3S. The Hall–Kier alpha value is -2.73. The minimum absolute atomic E-state index is 0.193. The van der Waals surface area contributed by atoms with Crippen LogP contribution in [0.1, 0.15) is 0 Å². The molecule has 0 aliphatic rings. The molecule has 3 aromatic rings. The summed E-state index contributed by atoms with van der Waals surface area (Å²) in [5, 5.41) is 1.30.